The van der Waals surface area contributed by atoms with E-state index in [1.54, 1.807) is 17.3 Å². The van der Waals surface area contributed by atoms with Crippen molar-refractivity contribution in [2.75, 3.05) is 61.6 Å². The molecule has 5 heterocycles. The number of hydrogen-bond acceptors (Lipinski definition) is 10. The molecule has 0 aliphatic carbocycles. The summed E-state index contributed by atoms with van der Waals surface area (Å²) in [5.41, 5.74) is 13.7. The van der Waals surface area contributed by atoms with Crippen LogP contribution in [0.3, 0.4) is 0 Å². The number of likely N-dealkylation sites (tertiary alicyclic amines) is 1. The average Bonchev–Trinajstić information content (AvgIpc) is 3.48. The molecule has 4 N–H and O–H groups in total. The molecule has 2 aromatic heterocycles. The van der Waals surface area contributed by atoms with Gasteiger partial charge in [0, 0.05) is 49.7 Å². The van der Waals surface area contributed by atoms with Crippen LogP contribution in [0.25, 0.3) is 11.3 Å². The Balaban J connectivity index is 1.54. The summed E-state index contributed by atoms with van der Waals surface area (Å²) in [5, 5.41) is 0. The predicted molar refractivity (Wildman–Crippen MR) is 130 cm³/mol. The van der Waals surface area contributed by atoms with Crippen LogP contribution in [0.2, 0.25) is 0 Å². The van der Waals surface area contributed by atoms with Crippen molar-refractivity contribution in [3.05, 3.63) is 18.0 Å². The predicted octanol–water partition coefficient (Wildman–Crippen LogP) is 0.391. The number of amides is 1. The van der Waals surface area contributed by atoms with Crippen LogP contribution in [-0.2, 0) is 16.0 Å². The van der Waals surface area contributed by atoms with Crippen LogP contribution in [0.4, 0.5) is 22.1 Å². The van der Waals surface area contributed by atoms with Gasteiger partial charge in [0.05, 0.1) is 30.5 Å². The zero-order valence-corrected chi connectivity index (χ0v) is 20.2. The molecule has 3 aliphatic rings. The number of halogens is 1. The number of carbonyl (C=O) groups excluding carboxylic acids is 1. The molecule has 5 rings (SSSR count). The number of rotatable bonds is 5. The third kappa shape index (κ3) is 4.25. The molecule has 3 atom stereocenters. The first-order valence-electron chi connectivity index (χ1n) is 12.0. The van der Waals surface area contributed by atoms with E-state index >= 15 is 0 Å². The summed E-state index contributed by atoms with van der Waals surface area (Å²) in [6.45, 7) is 7.00. The smallest absolute Gasteiger partial charge is 0.242 e. The molecule has 188 valence electrons. The fourth-order valence-corrected chi connectivity index (χ4v) is 5.27. The van der Waals surface area contributed by atoms with Gasteiger partial charge in [-0.05, 0) is 26.7 Å². The molecule has 0 saturated carbocycles. The monoisotopic (exact) mass is 485 g/mol. The first kappa shape index (κ1) is 23.6. The summed E-state index contributed by atoms with van der Waals surface area (Å²) in [5.74, 6) is 1.35. The van der Waals surface area contributed by atoms with E-state index in [4.69, 9.17) is 26.2 Å². The van der Waals surface area contributed by atoms with Gasteiger partial charge in [0.2, 0.25) is 17.8 Å². The lowest BCUT2D eigenvalue weighted by Crippen LogP contribution is -2.51. The van der Waals surface area contributed by atoms with Crippen LogP contribution >= 0.6 is 0 Å². The number of fused-ring (bicyclic) bond motifs is 1. The molecule has 1 amide bonds. The summed E-state index contributed by atoms with van der Waals surface area (Å²) < 4.78 is 18.7. The molecule has 0 spiro atoms. The fraction of sp³-hybridized carbons (Fsp3) is 0.609. The van der Waals surface area contributed by atoms with Gasteiger partial charge in [-0.15, -0.1) is 0 Å². The Hall–Kier alpha value is -3.12. The normalized spacial score (nSPS) is 25.1. The number of nitrogens with two attached hydrogens (primary N) is 2. The van der Waals surface area contributed by atoms with E-state index in [0.717, 1.165) is 42.0 Å². The second-order valence-electron chi connectivity index (χ2n) is 9.79. The number of morpholine rings is 1. The molecular formula is C23H32FN9O2. The number of nitrogen functional groups attached to an aromatic ring is 1. The molecule has 2 fully saturated rings. The number of alkyl halides is 1. The lowest BCUT2D eigenvalue weighted by atomic mass is 9.99. The topological polar surface area (TPSA) is 140 Å². The molecule has 2 aromatic rings. The molecule has 0 bridgehead atoms. The highest BCUT2D eigenvalue weighted by molar-refractivity contribution is 5.82. The molecular weight excluding hydrogens is 453 g/mol. The summed E-state index contributed by atoms with van der Waals surface area (Å²) in [7, 11) is 0. The zero-order chi connectivity index (χ0) is 24.7. The molecule has 2 saturated heterocycles. The third-order valence-electron chi connectivity index (χ3n) is 7.28. The Labute approximate surface area is 203 Å². The minimum absolute atomic E-state index is 0.129. The van der Waals surface area contributed by atoms with Crippen LogP contribution in [0.15, 0.2) is 12.4 Å². The number of aromatic nitrogens is 4. The van der Waals surface area contributed by atoms with Gasteiger partial charge in [0.25, 0.3) is 0 Å². The van der Waals surface area contributed by atoms with Crippen molar-refractivity contribution in [1.29, 1.82) is 0 Å². The third-order valence-corrected chi connectivity index (χ3v) is 7.28. The lowest BCUT2D eigenvalue weighted by molar-refractivity contribution is -0.132. The van der Waals surface area contributed by atoms with Gasteiger partial charge in [-0.1, -0.05) is 0 Å². The van der Waals surface area contributed by atoms with E-state index in [2.05, 4.69) is 33.6 Å². The van der Waals surface area contributed by atoms with Crippen molar-refractivity contribution < 1.29 is 13.9 Å². The Kier molecular flexibility index (Phi) is 6.18. The van der Waals surface area contributed by atoms with Gasteiger partial charge in [-0.2, -0.15) is 4.98 Å². The lowest BCUT2D eigenvalue weighted by Gasteiger charge is -2.38. The highest BCUT2D eigenvalue weighted by atomic mass is 19.1. The first-order valence-corrected chi connectivity index (χ1v) is 12.0. The Morgan fingerprint density at radius 1 is 1.29 bits per heavy atom. The maximum atomic E-state index is 13.0. The SMILES string of the molecule is C[C@H]1COCCN1c1nc(-c2cnc(N)nc2)c2c(n1)N([C@@]1(C)CCN(C(=O)[C@@H](N)CF)C1)CC2. The van der Waals surface area contributed by atoms with E-state index in [9.17, 15) is 9.18 Å². The highest BCUT2D eigenvalue weighted by Crippen LogP contribution is 2.41. The number of nitrogens with zero attached hydrogens (tertiary/aromatic N) is 7. The van der Waals surface area contributed by atoms with Gasteiger partial charge in [-0.25, -0.2) is 19.3 Å². The summed E-state index contributed by atoms with van der Waals surface area (Å²) in [6, 6.07) is -0.985. The second-order valence-corrected chi connectivity index (χ2v) is 9.79. The van der Waals surface area contributed by atoms with Gasteiger partial charge in [0.1, 0.15) is 18.5 Å². The largest absolute Gasteiger partial charge is 0.377 e. The van der Waals surface area contributed by atoms with Crippen molar-refractivity contribution in [2.45, 2.75) is 44.3 Å². The van der Waals surface area contributed by atoms with Crippen LogP contribution in [0.1, 0.15) is 25.8 Å². The molecule has 0 aromatic carbocycles. The minimum Gasteiger partial charge on any atom is -0.377 e. The Morgan fingerprint density at radius 2 is 2.06 bits per heavy atom. The first-order chi connectivity index (χ1) is 16.8. The van der Waals surface area contributed by atoms with Gasteiger partial charge in [-0.3, -0.25) is 4.79 Å². The van der Waals surface area contributed by atoms with Crippen LogP contribution in [-0.4, -0.2) is 94.4 Å². The quantitative estimate of drug-likeness (QED) is 0.611. The van der Waals surface area contributed by atoms with Gasteiger partial charge >= 0.3 is 0 Å². The number of ether oxygens (including phenoxy) is 1. The maximum absolute atomic E-state index is 13.0. The highest BCUT2D eigenvalue weighted by Gasteiger charge is 2.45. The van der Waals surface area contributed by atoms with Crippen molar-refractivity contribution in [3.63, 3.8) is 0 Å². The molecule has 35 heavy (non-hydrogen) atoms. The number of anilines is 3. The summed E-state index contributed by atoms with van der Waals surface area (Å²) >= 11 is 0. The minimum atomic E-state index is -1.11. The molecule has 12 heteroatoms. The van der Waals surface area contributed by atoms with Crippen LogP contribution in [0.5, 0.6) is 0 Å². The van der Waals surface area contributed by atoms with Crippen molar-refractivity contribution >= 4 is 23.6 Å². The molecule has 11 nitrogen and oxygen atoms in total. The zero-order valence-electron chi connectivity index (χ0n) is 20.2. The Bertz CT molecular complexity index is 1100. The van der Waals surface area contributed by atoms with Crippen molar-refractivity contribution in [2.24, 2.45) is 5.73 Å². The van der Waals surface area contributed by atoms with E-state index in [1.165, 1.54) is 0 Å². The Morgan fingerprint density at radius 3 is 2.77 bits per heavy atom. The van der Waals surface area contributed by atoms with Crippen LogP contribution < -0.4 is 21.3 Å². The van der Waals surface area contributed by atoms with E-state index in [-0.39, 0.29) is 23.4 Å². The molecule has 3 aliphatic heterocycles. The maximum Gasteiger partial charge on any atom is 0.242 e. The van der Waals surface area contributed by atoms with E-state index in [1.807, 2.05) is 0 Å². The van der Waals surface area contributed by atoms with Gasteiger partial charge in [0.15, 0.2) is 0 Å². The number of carbonyl (C=O) groups is 1. The van der Waals surface area contributed by atoms with E-state index < -0.39 is 12.7 Å². The van der Waals surface area contributed by atoms with Gasteiger partial charge < -0.3 is 30.9 Å². The second kappa shape index (κ2) is 9.15. The summed E-state index contributed by atoms with van der Waals surface area (Å²) in [6.07, 6.45) is 4.87. The summed E-state index contributed by atoms with van der Waals surface area (Å²) in [4.78, 5) is 37.0. The van der Waals surface area contributed by atoms with Crippen LogP contribution in [0, 0.1) is 0 Å². The standard InChI is InChI=1S/C23H32FN9O2/c1-14-12-35-8-7-32(14)22-29-18(15-10-27-21(26)28-11-15)16-3-5-33(19(16)30-22)23(2)4-6-31(13-23)20(34)17(25)9-24/h10-11,14,17H,3-9,12-13,25H2,1-2H3,(H2,26,27,28)/t14-,17-,23-/m0/s1. The van der Waals surface area contributed by atoms with E-state index in [0.29, 0.717) is 38.8 Å². The number of hydrogen-bond donors (Lipinski definition) is 2. The fourth-order valence-electron chi connectivity index (χ4n) is 5.27. The molecule has 0 radical (unpaired) electrons. The van der Waals surface area contributed by atoms with Crippen molar-refractivity contribution in [3.8, 4) is 11.3 Å². The molecule has 0 unspecified atom stereocenters. The van der Waals surface area contributed by atoms with Crippen molar-refractivity contribution in [1.82, 2.24) is 24.8 Å². The average molecular weight is 486 g/mol.